The molecule has 0 radical (unpaired) electrons. The van der Waals surface area contributed by atoms with E-state index in [0.717, 1.165) is 50.8 Å². The number of aromatic nitrogens is 4. The number of fused-ring (bicyclic) bond motifs is 1. The number of rotatable bonds is 8. The lowest BCUT2D eigenvalue weighted by Gasteiger charge is -2.45. The van der Waals surface area contributed by atoms with E-state index >= 15 is 0 Å². The highest BCUT2D eigenvalue weighted by molar-refractivity contribution is 6.75. The highest BCUT2D eigenvalue weighted by Crippen LogP contribution is 2.44. The van der Waals surface area contributed by atoms with Gasteiger partial charge < -0.3 is 18.3 Å². The van der Waals surface area contributed by atoms with Crippen molar-refractivity contribution < 1.29 is 18.3 Å². The van der Waals surface area contributed by atoms with Gasteiger partial charge in [0.15, 0.2) is 27.8 Å². The van der Waals surface area contributed by atoms with Crippen LogP contribution in [-0.4, -0.2) is 55.2 Å². The van der Waals surface area contributed by atoms with Crippen LogP contribution >= 0.6 is 0 Å². The van der Waals surface area contributed by atoms with Crippen molar-refractivity contribution >= 4 is 27.8 Å². The summed E-state index contributed by atoms with van der Waals surface area (Å²) >= 11 is 0. The van der Waals surface area contributed by atoms with E-state index in [1.165, 1.54) is 0 Å². The Kier molecular flexibility index (Phi) is 8.51. The van der Waals surface area contributed by atoms with Gasteiger partial charge in [0.05, 0.1) is 6.33 Å². The highest BCUT2D eigenvalue weighted by atomic mass is 28.4. The van der Waals surface area contributed by atoms with Crippen molar-refractivity contribution in [1.29, 1.82) is 0 Å². The minimum Gasteiger partial charge on any atom is -0.473 e. The van der Waals surface area contributed by atoms with E-state index in [9.17, 15) is 0 Å². The summed E-state index contributed by atoms with van der Waals surface area (Å²) < 4.78 is 28.5. The summed E-state index contributed by atoms with van der Waals surface area (Å²) in [7, 11) is -4.06. The van der Waals surface area contributed by atoms with E-state index in [4.69, 9.17) is 18.3 Å². The largest absolute Gasteiger partial charge is 0.473 e. The van der Waals surface area contributed by atoms with Crippen LogP contribution in [0.5, 0.6) is 5.88 Å². The zero-order valence-corrected chi connectivity index (χ0v) is 27.3. The standard InChI is InChI=1S/C28H50N4O4Si2/c1-27(2,3)37(7,8)35-26(36-38(9,10)28(4,5)6)20-14-15-21(17-20)34-25-23-24(29-18-30-25)32(19-31-23)22-13-11-12-16-33-22/h18-22,26H,11-17H2,1-10H3. The van der Waals surface area contributed by atoms with E-state index < -0.39 is 16.6 Å². The maximum absolute atomic E-state index is 7.00. The Labute approximate surface area is 231 Å². The topological polar surface area (TPSA) is 80.5 Å². The molecule has 2 aliphatic rings. The fourth-order valence-corrected chi connectivity index (χ4v) is 7.15. The van der Waals surface area contributed by atoms with Crippen LogP contribution in [0.2, 0.25) is 36.3 Å². The van der Waals surface area contributed by atoms with E-state index in [1.54, 1.807) is 6.33 Å². The summed E-state index contributed by atoms with van der Waals surface area (Å²) in [6.45, 7) is 23.8. The zero-order chi connectivity index (χ0) is 27.9. The Bertz CT molecular complexity index is 1060. The summed E-state index contributed by atoms with van der Waals surface area (Å²) in [6, 6.07) is 0. The number of hydrogen-bond donors (Lipinski definition) is 0. The molecular weight excluding hydrogens is 513 g/mol. The van der Waals surface area contributed by atoms with Gasteiger partial charge in [-0.15, -0.1) is 0 Å². The lowest BCUT2D eigenvalue weighted by Crippen LogP contribution is -2.52. The maximum atomic E-state index is 7.00. The van der Waals surface area contributed by atoms with Crippen molar-refractivity contribution in [3.63, 3.8) is 0 Å². The molecule has 1 aliphatic heterocycles. The van der Waals surface area contributed by atoms with Crippen molar-refractivity contribution in [2.24, 2.45) is 5.92 Å². The lowest BCUT2D eigenvalue weighted by molar-refractivity contribution is -0.0611. The molecule has 4 rings (SSSR count). The van der Waals surface area contributed by atoms with E-state index in [1.807, 2.05) is 10.9 Å². The molecule has 0 N–H and O–H groups in total. The molecule has 3 atom stereocenters. The Balaban J connectivity index is 1.51. The predicted octanol–water partition coefficient (Wildman–Crippen LogP) is 7.44. The quantitative estimate of drug-likeness (QED) is 0.244. The molecule has 214 valence electrons. The normalized spacial score (nSPS) is 23.9. The summed E-state index contributed by atoms with van der Waals surface area (Å²) in [5.41, 5.74) is 1.48. The fraction of sp³-hybridized carbons (Fsp3) is 0.821. The second-order valence-electron chi connectivity index (χ2n) is 14.3. The van der Waals surface area contributed by atoms with Crippen molar-refractivity contribution in [3.05, 3.63) is 12.7 Å². The van der Waals surface area contributed by atoms with Gasteiger partial charge in [-0.25, -0.2) is 9.97 Å². The molecule has 38 heavy (non-hydrogen) atoms. The molecule has 3 unspecified atom stereocenters. The SMILES string of the molecule is CC(C)(C)[Si](C)(C)OC(O[Si](C)(C)C(C)(C)C)C1CCC(Oc2ncnc3c2ncn3C2CCCCO2)C1. The van der Waals surface area contributed by atoms with Gasteiger partial charge in [0.25, 0.3) is 0 Å². The average molecular weight is 563 g/mol. The van der Waals surface area contributed by atoms with Crippen LogP contribution in [-0.2, 0) is 13.6 Å². The number of hydrogen-bond acceptors (Lipinski definition) is 7. The van der Waals surface area contributed by atoms with Crippen molar-refractivity contribution in [2.75, 3.05) is 6.61 Å². The Morgan fingerprint density at radius 3 is 2.13 bits per heavy atom. The summed E-state index contributed by atoms with van der Waals surface area (Å²) in [5.74, 6) is 0.844. The molecule has 8 nitrogen and oxygen atoms in total. The Morgan fingerprint density at radius 2 is 1.55 bits per heavy atom. The first-order valence-corrected chi connectivity index (χ1v) is 20.2. The van der Waals surface area contributed by atoms with Crippen LogP contribution in [0.25, 0.3) is 11.2 Å². The van der Waals surface area contributed by atoms with Crippen LogP contribution in [0.15, 0.2) is 12.7 Å². The molecule has 10 heteroatoms. The number of nitrogens with zero attached hydrogens (tertiary/aromatic N) is 4. The van der Waals surface area contributed by atoms with Crippen molar-refractivity contribution in [1.82, 2.24) is 19.5 Å². The van der Waals surface area contributed by atoms with Gasteiger partial charge in [-0.3, -0.25) is 4.57 Å². The molecule has 1 saturated carbocycles. The first-order chi connectivity index (χ1) is 17.6. The zero-order valence-electron chi connectivity index (χ0n) is 25.3. The van der Waals surface area contributed by atoms with Gasteiger partial charge in [0.2, 0.25) is 5.88 Å². The van der Waals surface area contributed by atoms with Gasteiger partial charge >= 0.3 is 0 Å². The molecule has 3 heterocycles. The maximum Gasteiger partial charge on any atom is 0.245 e. The number of ether oxygens (including phenoxy) is 2. The van der Waals surface area contributed by atoms with Crippen LogP contribution in [0.4, 0.5) is 0 Å². The van der Waals surface area contributed by atoms with E-state index in [-0.39, 0.29) is 34.6 Å². The van der Waals surface area contributed by atoms with Gasteiger partial charge in [-0.05, 0) is 74.8 Å². The third-order valence-corrected chi connectivity index (χ3v) is 18.2. The van der Waals surface area contributed by atoms with Crippen molar-refractivity contribution in [3.8, 4) is 5.88 Å². The third-order valence-electron chi connectivity index (χ3n) is 9.31. The van der Waals surface area contributed by atoms with E-state index in [0.29, 0.717) is 11.4 Å². The molecule has 1 saturated heterocycles. The monoisotopic (exact) mass is 562 g/mol. The van der Waals surface area contributed by atoms with Gasteiger partial charge in [0, 0.05) is 12.5 Å². The van der Waals surface area contributed by atoms with Crippen LogP contribution in [0, 0.1) is 5.92 Å². The highest BCUT2D eigenvalue weighted by Gasteiger charge is 2.47. The molecule has 1 aliphatic carbocycles. The van der Waals surface area contributed by atoms with E-state index in [2.05, 4.69) is 82.7 Å². The molecule has 0 spiro atoms. The van der Waals surface area contributed by atoms with Gasteiger partial charge in [-0.2, -0.15) is 4.98 Å². The van der Waals surface area contributed by atoms with Gasteiger partial charge in [-0.1, -0.05) is 41.5 Å². The molecule has 2 aromatic heterocycles. The number of imidazole rings is 1. The second-order valence-corrected chi connectivity index (χ2v) is 23.8. The summed E-state index contributed by atoms with van der Waals surface area (Å²) in [4.78, 5) is 13.6. The van der Waals surface area contributed by atoms with Crippen molar-refractivity contribution in [2.45, 2.75) is 135 Å². The first-order valence-electron chi connectivity index (χ1n) is 14.4. The molecule has 0 bridgehead atoms. The second kappa shape index (κ2) is 10.9. The minimum atomic E-state index is -2.03. The summed E-state index contributed by atoms with van der Waals surface area (Å²) in [5, 5.41) is 0.230. The lowest BCUT2D eigenvalue weighted by atomic mass is 10.1. The molecule has 2 aromatic rings. The summed E-state index contributed by atoms with van der Waals surface area (Å²) in [6.07, 6.45) is 9.27. The molecule has 2 fully saturated rings. The smallest absolute Gasteiger partial charge is 0.245 e. The third kappa shape index (κ3) is 6.35. The average Bonchev–Trinajstić information content (AvgIpc) is 3.45. The Hall–Kier alpha value is -1.34. The van der Waals surface area contributed by atoms with Gasteiger partial charge in [0.1, 0.15) is 24.9 Å². The van der Waals surface area contributed by atoms with Crippen LogP contribution in [0.1, 0.15) is 86.3 Å². The Morgan fingerprint density at radius 1 is 0.895 bits per heavy atom. The minimum absolute atomic E-state index is 0.0203. The predicted molar refractivity (Wildman–Crippen MR) is 156 cm³/mol. The van der Waals surface area contributed by atoms with Crippen LogP contribution < -0.4 is 4.74 Å². The van der Waals surface area contributed by atoms with Crippen LogP contribution in [0.3, 0.4) is 0 Å². The fourth-order valence-electron chi connectivity index (χ4n) is 4.71. The first kappa shape index (κ1) is 29.6. The molecule has 0 aromatic carbocycles. The molecule has 0 amide bonds. The molecular formula is C28H50N4O4Si2.